The second-order valence-corrected chi connectivity index (χ2v) is 4.16. The standard InChI is InChI=1S/C13H18N2O2/c1-17-12-4-2-11(3-5-12)10-13(16)15-8-6-14-7-9-15/h2-5,14H,6-10H2,1H3. The zero-order chi connectivity index (χ0) is 12.1. The fourth-order valence-electron chi connectivity index (χ4n) is 1.94. The lowest BCUT2D eigenvalue weighted by Gasteiger charge is -2.27. The van der Waals surface area contributed by atoms with Gasteiger partial charge in [0.25, 0.3) is 0 Å². The number of amides is 1. The Bertz CT molecular complexity index is 370. The Balaban J connectivity index is 1.92. The van der Waals surface area contributed by atoms with Gasteiger partial charge in [-0.05, 0) is 17.7 Å². The van der Waals surface area contributed by atoms with Gasteiger partial charge in [-0.3, -0.25) is 4.79 Å². The molecule has 92 valence electrons. The first-order valence-electron chi connectivity index (χ1n) is 5.91. The van der Waals surface area contributed by atoms with E-state index in [4.69, 9.17) is 4.74 Å². The molecule has 1 aromatic rings. The maximum Gasteiger partial charge on any atom is 0.227 e. The zero-order valence-corrected chi connectivity index (χ0v) is 10.1. The van der Waals surface area contributed by atoms with E-state index >= 15 is 0 Å². The molecule has 0 aromatic heterocycles. The third kappa shape index (κ3) is 3.20. The summed E-state index contributed by atoms with van der Waals surface area (Å²) in [7, 11) is 1.64. The van der Waals surface area contributed by atoms with E-state index in [1.165, 1.54) is 0 Å². The largest absolute Gasteiger partial charge is 0.497 e. The number of carbonyl (C=O) groups is 1. The first kappa shape index (κ1) is 11.9. The first-order valence-corrected chi connectivity index (χ1v) is 5.91. The van der Waals surface area contributed by atoms with Crippen LogP contribution in [0.4, 0.5) is 0 Å². The van der Waals surface area contributed by atoms with Crippen LogP contribution in [-0.2, 0) is 11.2 Å². The Labute approximate surface area is 102 Å². The summed E-state index contributed by atoms with van der Waals surface area (Å²) in [5.41, 5.74) is 1.04. The average Bonchev–Trinajstić information content (AvgIpc) is 2.40. The maximum absolute atomic E-state index is 12.0. The molecule has 0 spiro atoms. The predicted octanol–water partition coefficient (Wildman–Crippen LogP) is 0.669. The minimum absolute atomic E-state index is 0.205. The number of rotatable bonds is 3. The van der Waals surface area contributed by atoms with E-state index in [2.05, 4.69) is 5.32 Å². The maximum atomic E-state index is 12.0. The Morgan fingerprint density at radius 2 is 1.94 bits per heavy atom. The van der Waals surface area contributed by atoms with Crippen molar-refractivity contribution in [2.75, 3.05) is 33.3 Å². The minimum atomic E-state index is 0.205. The normalized spacial score (nSPS) is 15.7. The summed E-state index contributed by atoms with van der Waals surface area (Å²) in [6.07, 6.45) is 0.476. The van der Waals surface area contributed by atoms with Crippen LogP contribution in [0.3, 0.4) is 0 Å². The van der Waals surface area contributed by atoms with E-state index < -0.39 is 0 Å². The highest BCUT2D eigenvalue weighted by molar-refractivity contribution is 5.78. The van der Waals surface area contributed by atoms with Crippen molar-refractivity contribution in [3.63, 3.8) is 0 Å². The second-order valence-electron chi connectivity index (χ2n) is 4.16. The molecule has 2 rings (SSSR count). The van der Waals surface area contributed by atoms with Gasteiger partial charge >= 0.3 is 0 Å². The molecule has 1 fully saturated rings. The van der Waals surface area contributed by atoms with E-state index in [1.54, 1.807) is 7.11 Å². The van der Waals surface area contributed by atoms with Crippen molar-refractivity contribution in [2.24, 2.45) is 0 Å². The SMILES string of the molecule is COc1ccc(CC(=O)N2CCNCC2)cc1. The van der Waals surface area contributed by atoms with Gasteiger partial charge in [-0.15, -0.1) is 0 Å². The molecule has 1 aliphatic rings. The molecule has 4 heteroatoms. The average molecular weight is 234 g/mol. The van der Waals surface area contributed by atoms with Crippen molar-refractivity contribution in [2.45, 2.75) is 6.42 Å². The summed E-state index contributed by atoms with van der Waals surface area (Å²) in [5.74, 6) is 1.03. The number of methoxy groups -OCH3 is 1. The Hall–Kier alpha value is -1.55. The van der Waals surface area contributed by atoms with Gasteiger partial charge in [0.2, 0.25) is 5.91 Å². The highest BCUT2D eigenvalue weighted by atomic mass is 16.5. The first-order chi connectivity index (χ1) is 8.29. The molecule has 0 unspecified atom stereocenters. The highest BCUT2D eigenvalue weighted by Gasteiger charge is 2.16. The van der Waals surface area contributed by atoms with Crippen LogP contribution >= 0.6 is 0 Å². The number of benzene rings is 1. The van der Waals surface area contributed by atoms with Crippen LogP contribution in [0, 0.1) is 0 Å². The van der Waals surface area contributed by atoms with E-state index in [-0.39, 0.29) is 5.91 Å². The Morgan fingerprint density at radius 3 is 2.53 bits per heavy atom. The third-order valence-corrected chi connectivity index (χ3v) is 2.98. The van der Waals surface area contributed by atoms with Crippen molar-refractivity contribution in [1.82, 2.24) is 10.2 Å². The van der Waals surface area contributed by atoms with Crippen LogP contribution in [-0.4, -0.2) is 44.1 Å². The smallest absolute Gasteiger partial charge is 0.227 e. The molecule has 0 radical (unpaired) electrons. The number of nitrogens with one attached hydrogen (secondary N) is 1. The molecule has 17 heavy (non-hydrogen) atoms. The summed E-state index contributed by atoms with van der Waals surface area (Å²) in [6.45, 7) is 3.42. The number of hydrogen-bond acceptors (Lipinski definition) is 3. The van der Waals surface area contributed by atoms with Crippen LogP contribution < -0.4 is 10.1 Å². The van der Waals surface area contributed by atoms with E-state index in [0.717, 1.165) is 37.5 Å². The van der Waals surface area contributed by atoms with Gasteiger partial charge in [0.05, 0.1) is 13.5 Å². The molecule has 1 amide bonds. The van der Waals surface area contributed by atoms with Gasteiger partial charge in [0.15, 0.2) is 0 Å². The van der Waals surface area contributed by atoms with E-state index in [0.29, 0.717) is 6.42 Å². The predicted molar refractivity (Wildman–Crippen MR) is 66.1 cm³/mol. The number of carbonyl (C=O) groups excluding carboxylic acids is 1. The fraction of sp³-hybridized carbons (Fsp3) is 0.462. The monoisotopic (exact) mass is 234 g/mol. The minimum Gasteiger partial charge on any atom is -0.497 e. The van der Waals surface area contributed by atoms with Crippen molar-refractivity contribution in [3.05, 3.63) is 29.8 Å². The molecule has 1 N–H and O–H groups in total. The fourth-order valence-corrected chi connectivity index (χ4v) is 1.94. The van der Waals surface area contributed by atoms with Crippen LogP contribution in [0.1, 0.15) is 5.56 Å². The van der Waals surface area contributed by atoms with Crippen LogP contribution in [0.15, 0.2) is 24.3 Å². The molecular weight excluding hydrogens is 216 g/mol. The summed E-state index contributed by atoms with van der Waals surface area (Å²) in [5, 5.41) is 3.24. The van der Waals surface area contributed by atoms with Crippen molar-refractivity contribution in [1.29, 1.82) is 0 Å². The molecule has 0 atom stereocenters. The molecule has 1 heterocycles. The number of nitrogens with zero attached hydrogens (tertiary/aromatic N) is 1. The summed E-state index contributed by atoms with van der Waals surface area (Å²) in [4.78, 5) is 13.9. The lowest BCUT2D eigenvalue weighted by molar-refractivity contribution is -0.131. The molecule has 4 nitrogen and oxygen atoms in total. The molecule has 1 aliphatic heterocycles. The highest BCUT2D eigenvalue weighted by Crippen LogP contribution is 2.12. The number of piperazine rings is 1. The van der Waals surface area contributed by atoms with Crippen molar-refractivity contribution >= 4 is 5.91 Å². The third-order valence-electron chi connectivity index (χ3n) is 2.98. The lowest BCUT2D eigenvalue weighted by atomic mass is 10.1. The molecular formula is C13H18N2O2. The zero-order valence-electron chi connectivity index (χ0n) is 10.1. The van der Waals surface area contributed by atoms with E-state index in [9.17, 15) is 4.79 Å². The van der Waals surface area contributed by atoms with E-state index in [1.807, 2.05) is 29.2 Å². The topological polar surface area (TPSA) is 41.6 Å². The summed E-state index contributed by atoms with van der Waals surface area (Å²) < 4.78 is 5.09. The number of hydrogen-bond donors (Lipinski definition) is 1. The van der Waals surface area contributed by atoms with Gasteiger partial charge in [-0.1, -0.05) is 12.1 Å². The van der Waals surface area contributed by atoms with Gasteiger partial charge in [0, 0.05) is 26.2 Å². The van der Waals surface area contributed by atoms with Gasteiger partial charge in [-0.25, -0.2) is 0 Å². The van der Waals surface area contributed by atoms with Crippen LogP contribution in [0.2, 0.25) is 0 Å². The molecule has 1 saturated heterocycles. The Morgan fingerprint density at radius 1 is 1.29 bits per heavy atom. The van der Waals surface area contributed by atoms with Crippen LogP contribution in [0.25, 0.3) is 0 Å². The number of ether oxygens (including phenoxy) is 1. The lowest BCUT2D eigenvalue weighted by Crippen LogP contribution is -2.46. The molecule has 0 aliphatic carbocycles. The van der Waals surface area contributed by atoms with Crippen molar-refractivity contribution in [3.8, 4) is 5.75 Å². The Kier molecular flexibility index (Phi) is 3.98. The van der Waals surface area contributed by atoms with Gasteiger partial charge in [0.1, 0.15) is 5.75 Å². The van der Waals surface area contributed by atoms with Gasteiger partial charge < -0.3 is 15.0 Å². The molecule has 1 aromatic carbocycles. The summed E-state index contributed by atoms with van der Waals surface area (Å²) >= 11 is 0. The summed E-state index contributed by atoms with van der Waals surface area (Å²) in [6, 6.07) is 7.67. The van der Waals surface area contributed by atoms with Gasteiger partial charge in [-0.2, -0.15) is 0 Å². The quantitative estimate of drug-likeness (QED) is 0.835. The van der Waals surface area contributed by atoms with Crippen molar-refractivity contribution < 1.29 is 9.53 Å². The molecule has 0 bridgehead atoms. The second kappa shape index (κ2) is 5.68. The van der Waals surface area contributed by atoms with Crippen LogP contribution in [0.5, 0.6) is 5.75 Å². The molecule has 0 saturated carbocycles.